The molecule has 3 rings (SSSR count). The topological polar surface area (TPSA) is 83.7 Å². The van der Waals surface area contributed by atoms with Gasteiger partial charge in [0.1, 0.15) is 5.65 Å². The van der Waals surface area contributed by atoms with Gasteiger partial charge in [-0.3, -0.25) is 14.0 Å². The summed E-state index contributed by atoms with van der Waals surface area (Å²) in [5.41, 5.74) is 0.828. The molecule has 2 aromatic heterocycles. The highest BCUT2D eigenvalue weighted by atomic mass is 35.5. The minimum atomic E-state index is -0.860. The molecule has 0 radical (unpaired) electrons. The van der Waals surface area contributed by atoms with Gasteiger partial charge in [0.05, 0.1) is 5.92 Å². The number of rotatable bonds is 3. The van der Waals surface area contributed by atoms with Gasteiger partial charge in [-0.2, -0.15) is 0 Å². The van der Waals surface area contributed by atoms with Crippen molar-refractivity contribution in [2.75, 3.05) is 0 Å². The van der Waals surface area contributed by atoms with Gasteiger partial charge >= 0.3 is 5.97 Å². The molecule has 2 N–H and O–H groups in total. The van der Waals surface area contributed by atoms with Crippen LogP contribution >= 0.6 is 11.6 Å². The second kappa shape index (κ2) is 6.58. The van der Waals surface area contributed by atoms with E-state index in [4.69, 9.17) is 11.6 Å². The van der Waals surface area contributed by atoms with Crippen LogP contribution in [-0.4, -0.2) is 32.4 Å². The Balaban J connectivity index is 1.87. The van der Waals surface area contributed by atoms with E-state index in [1.165, 1.54) is 0 Å². The van der Waals surface area contributed by atoms with Crippen LogP contribution in [0.4, 0.5) is 0 Å². The maximum Gasteiger partial charge on any atom is 0.308 e. The maximum absolute atomic E-state index is 12.6. The molecule has 1 aliphatic carbocycles. The molecule has 0 saturated heterocycles. The molecule has 2 atom stereocenters. The van der Waals surface area contributed by atoms with E-state index < -0.39 is 11.9 Å². The molecule has 1 aliphatic rings. The molecule has 0 aliphatic heterocycles. The number of carboxylic acid groups (broad SMARTS) is 1. The molecule has 0 unspecified atom stereocenters. The SMILES string of the molecule is O=C(N[C@@H]1CCCCC[C@@H]1C(=O)O)c1c(Cl)nc2ccccn12. The third-order valence-corrected chi connectivity index (χ3v) is 4.62. The van der Waals surface area contributed by atoms with Crippen LogP contribution in [-0.2, 0) is 4.79 Å². The van der Waals surface area contributed by atoms with E-state index in [1.807, 2.05) is 6.07 Å². The molecular weight excluding hydrogens is 318 g/mol. The summed E-state index contributed by atoms with van der Waals surface area (Å²) in [5, 5.41) is 12.4. The fourth-order valence-corrected chi connectivity index (χ4v) is 3.45. The molecule has 122 valence electrons. The van der Waals surface area contributed by atoms with Gasteiger partial charge in [0.2, 0.25) is 0 Å². The summed E-state index contributed by atoms with van der Waals surface area (Å²) >= 11 is 6.10. The normalized spacial score (nSPS) is 21.8. The van der Waals surface area contributed by atoms with Crippen molar-refractivity contribution in [3.63, 3.8) is 0 Å². The first-order valence-corrected chi connectivity index (χ1v) is 8.12. The highest BCUT2D eigenvalue weighted by molar-refractivity contribution is 6.32. The Bertz CT molecular complexity index is 743. The minimum absolute atomic E-state index is 0.120. The molecule has 0 spiro atoms. The fraction of sp³-hybridized carbons (Fsp3) is 0.438. The Morgan fingerprint density at radius 3 is 2.83 bits per heavy atom. The third kappa shape index (κ3) is 3.17. The standard InChI is InChI=1S/C16H18ClN3O3/c17-14-13(20-9-5-4-8-12(20)19-14)15(21)18-11-7-3-1-2-6-10(11)16(22)23/h4-5,8-11H,1-3,6-7H2,(H,18,21)(H,22,23)/t10-,11+/m0/s1. The average molecular weight is 336 g/mol. The van der Waals surface area contributed by atoms with Gasteiger partial charge in [-0.15, -0.1) is 0 Å². The number of carbonyl (C=O) groups excluding carboxylic acids is 1. The number of aliphatic carboxylic acids is 1. The van der Waals surface area contributed by atoms with Crippen molar-refractivity contribution in [3.05, 3.63) is 35.2 Å². The lowest BCUT2D eigenvalue weighted by atomic mass is 9.95. The summed E-state index contributed by atoms with van der Waals surface area (Å²) in [7, 11) is 0. The molecule has 0 aromatic carbocycles. The Labute approximate surface area is 138 Å². The second-order valence-corrected chi connectivity index (χ2v) is 6.20. The van der Waals surface area contributed by atoms with E-state index in [0.717, 1.165) is 19.3 Å². The molecule has 0 bridgehead atoms. The quantitative estimate of drug-likeness (QED) is 0.845. The summed E-state index contributed by atoms with van der Waals surface area (Å²) in [4.78, 5) is 28.3. The Morgan fingerprint density at radius 2 is 2.04 bits per heavy atom. The first kappa shape index (κ1) is 15.8. The molecule has 2 heterocycles. The zero-order valence-corrected chi connectivity index (χ0v) is 13.3. The monoisotopic (exact) mass is 335 g/mol. The van der Waals surface area contributed by atoms with Crippen molar-refractivity contribution < 1.29 is 14.7 Å². The van der Waals surface area contributed by atoms with Crippen LogP contribution in [0, 0.1) is 5.92 Å². The summed E-state index contributed by atoms with van der Waals surface area (Å²) in [6, 6.07) is 4.97. The summed E-state index contributed by atoms with van der Waals surface area (Å²) in [6.45, 7) is 0. The van der Waals surface area contributed by atoms with E-state index in [-0.39, 0.29) is 22.8 Å². The predicted octanol–water partition coefficient (Wildman–Crippen LogP) is 2.75. The number of pyridine rings is 1. The number of hydrogen-bond acceptors (Lipinski definition) is 3. The van der Waals surface area contributed by atoms with Gasteiger partial charge < -0.3 is 10.4 Å². The van der Waals surface area contributed by atoms with Crippen LogP contribution in [0.25, 0.3) is 5.65 Å². The van der Waals surface area contributed by atoms with Gasteiger partial charge in [0.25, 0.3) is 5.91 Å². The van der Waals surface area contributed by atoms with E-state index in [9.17, 15) is 14.7 Å². The molecule has 1 fully saturated rings. The van der Waals surface area contributed by atoms with Crippen LogP contribution < -0.4 is 5.32 Å². The number of nitrogens with zero attached hydrogens (tertiary/aromatic N) is 2. The Hall–Kier alpha value is -2.08. The first-order chi connectivity index (χ1) is 11.1. The van der Waals surface area contributed by atoms with Crippen LogP contribution in [0.2, 0.25) is 5.15 Å². The lowest BCUT2D eigenvalue weighted by molar-refractivity contribution is -0.142. The second-order valence-electron chi connectivity index (χ2n) is 5.84. The highest BCUT2D eigenvalue weighted by Crippen LogP contribution is 2.25. The number of halogens is 1. The zero-order chi connectivity index (χ0) is 16.4. The highest BCUT2D eigenvalue weighted by Gasteiger charge is 2.32. The molecule has 7 heteroatoms. The van der Waals surface area contributed by atoms with Crippen LogP contribution in [0.1, 0.15) is 42.6 Å². The first-order valence-electron chi connectivity index (χ1n) is 7.74. The number of amides is 1. The number of carboxylic acids is 1. The molecule has 2 aromatic rings. The maximum atomic E-state index is 12.6. The molecule has 1 saturated carbocycles. The molecule has 1 amide bonds. The number of aromatic nitrogens is 2. The fourth-order valence-electron chi connectivity index (χ4n) is 3.18. The van der Waals surface area contributed by atoms with E-state index in [0.29, 0.717) is 18.5 Å². The average Bonchev–Trinajstić information content (AvgIpc) is 2.68. The van der Waals surface area contributed by atoms with E-state index in [2.05, 4.69) is 10.3 Å². The number of hydrogen-bond donors (Lipinski definition) is 2. The predicted molar refractivity (Wildman–Crippen MR) is 85.7 cm³/mol. The largest absolute Gasteiger partial charge is 0.481 e. The van der Waals surface area contributed by atoms with Crippen molar-refractivity contribution in [2.45, 2.75) is 38.1 Å². The molecule has 23 heavy (non-hydrogen) atoms. The van der Waals surface area contributed by atoms with Crippen molar-refractivity contribution in [1.29, 1.82) is 0 Å². The third-order valence-electron chi connectivity index (χ3n) is 4.35. The van der Waals surface area contributed by atoms with Gasteiger partial charge in [0, 0.05) is 12.2 Å². The number of carbonyl (C=O) groups is 2. The lowest BCUT2D eigenvalue weighted by Gasteiger charge is -2.22. The van der Waals surface area contributed by atoms with Gasteiger partial charge in [0.15, 0.2) is 10.8 Å². The van der Waals surface area contributed by atoms with Gasteiger partial charge in [-0.05, 0) is 25.0 Å². The van der Waals surface area contributed by atoms with Crippen molar-refractivity contribution in [1.82, 2.24) is 14.7 Å². The number of nitrogens with one attached hydrogen (secondary N) is 1. The van der Waals surface area contributed by atoms with Crippen LogP contribution in [0.5, 0.6) is 0 Å². The van der Waals surface area contributed by atoms with Gasteiger partial charge in [-0.1, -0.05) is 36.9 Å². The number of imidazole rings is 1. The summed E-state index contributed by atoms with van der Waals surface area (Å²) in [5.74, 6) is -1.80. The van der Waals surface area contributed by atoms with Crippen molar-refractivity contribution in [2.24, 2.45) is 5.92 Å². The molecular formula is C16H18ClN3O3. The van der Waals surface area contributed by atoms with Gasteiger partial charge in [-0.25, -0.2) is 4.98 Å². The number of fused-ring (bicyclic) bond motifs is 1. The van der Waals surface area contributed by atoms with Crippen molar-refractivity contribution >= 4 is 29.1 Å². The zero-order valence-electron chi connectivity index (χ0n) is 12.5. The minimum Gasteiger partial charge on any atom is -0.481 e. The van der Waals surface area contributed by atoms with E-state index >= 15 is 0 Å². The lowest BCUT2D eigenvalue weighted by Crippen LogP contribution is -2.43. The summed E-state index contributed by atoms with van der Waals surface area (Å²) in [6.07, 6.45) is 5.74. The smallest absolute Gasteiger partial charge is 0.308 e. The van der Waals surface area contributed by atoms with Crippen molar-refractivity contribution in [3.8, 4) is 0 Å². The Morgan fingerprint density at radius 1 is 1.26 bits per heavy atom. The molecule has 6 nitrogen and oxygen atoms in total. The summed E-state index contributed by atoms with van der Waals surface area (Å²) < 4.78 is 1.62. The van der Waals surface area contributed by atoms with E-state index in [1.54, 1.807) is 22.7 Å². The Kier molecular flexibility index (Phi) is 4.52. The van der Waals surface area contributed by atoms with Crippen LogP contribution in [0.3, 0.4) is 0 Å². The van der Waals surface area contributed by atoms with Crippen LogP contribution in [0.15, 0.2) is 24.4 Å².